The van der Waals surface area contributed by atoms with E-state index in [4.69, 9.17) is 28.9 Å². The highest BCUT2D eigenvalue weighted by Crippen LogP contribution is 2.32. The summed E-state index contributed by atoms with van der Waals surface area (Å²) in [5, 5.41) is 3.88. The number of nitrogen functional groups attached to an aromatic ring is 1. The number of nitrogens with two attached hydrogens (primary N) is 1. The average Bonchev–Trinajstić information content (AvgIpc) is 2.30. The molecule has 1 aromatic heterocycles. The van der Waals surface area contributed by atoms with E-state index in [1.807, 2.05) is 25.1 Å². The fraction of sp³-hybridized carbons (Fsp3) is 0.0833. The van der Waals surface area contributed by atoms with Crippen LogP contribution in [0.3, 0.4) is 0 Å². The quantitative estimate of drug-likeness (QED) is 0.822. The number of pyridine rings is 1. The molecule has 3 nitrogen and oxygen atoms in total. The van der Waals surface area contributed by atoms with Crippen LogP contribution in [0.25, 0.3) is 0 Å². The van der Waals surface area contributed by atoms with Crippen molar-refractivity contribution in [1.29, 1.82) is 0 Å². The number of anilines is 3. The molecule has 0 aliphatic heterocycles. The first-order valence-electron chi connectivity index (χ1n) is 5.12. The molecule has 18 heavy (non-hydrogen) atoms. The molecule has 0 saturated carbocycles. The Balaban J connectivity index is 2.40. The molecule has 1 aromatic carbocycles. The maximum absolute atomic E-state index is 6.06. The van der Waals surface area contributed by atoms with Gasteiger partial charge in [0.25, 0.3) is 0 Å². The van der Waals surface area contributed by atoms with Gasteiger partial charge in [0.05, 0.1) is 15.7 Å². The molecule has 0 fully saturated rings. The summed E-state index contributed by atoms with van der Waals surface area (Å²) in [6.07, 6.45) is 0. The van der Waals surface area contributed by atoms with Gasteiger partial charge in [-0.2, -0.15) is 0 Å². The lowest BCUT2D eigenvalue weighted by atomic mass is 10.2. The van der Waals surface area contributed by atoms with Crippen molar-refractivity contribution >= 4 is 56.5 Å². The minimum atomic E-state index is 0.243. The van der Waals surface area contributed by atoms with Crippen LogP contribution in [-0.4, -0.2) is 4.98 Å². The van der Waals surface area contributed by atoms with Crippen molar-refractivity contribution in [3.05, 3.63) is 44.3 Å². The molecule has 0 atom stereocenters. The molecule has 0 bridgehead atoms. The number of nitrogens with zero attached hydrogens (tertiary/aromatic N) is 1. The van der Waals surface area contributed by atoms with Gasteiger partial charge in [-0.3, -0.25) is 0 Å². The Hall–Kier alpha value is -0.970. The molecular formula is C12H10BrCl2N3. The lowest BCUT2D eigenvalue weighted by molar-refractivity contribution is 1.31. The van der Waals surface area contributed by atoms with Crippen molar-refractivity contribution in [1.82, 2.24) is 4.98 Å². The first-order chi connectivity index (χ1) is 8.47. The Bertz CT molecular complexity index is 602. The molecule has 1 heterocycles. The molecule has 0 saturated heterocycles. The molecule has 0 aliphatic rings. The topological polar surface area (TPSA) is 50.9 Å². The predicted molar refractivity (Wildman–Crippen MR) is 80.8 cm³/mol. The van der Waals surface area contributed by atoms with Crippen molar-refractivity contribution in [2.45, 2.75) is 6.92 Å². The highest BCUT2D eigenvalue weighted by atomic mass is 79.9. The molecule has 0 aliphatic carbocycles. The predicted octanol–water partition coefficient (Wildman–Crippen LogP) is 4.79. The fourth-order valence-corrected chi connectivity index (χ4v) is 2.18. The maximum atomic E-state index is 6.06. The fourth-order valence-electron chi connectivity index (χ4n) is 1.43. The second-order valence-corrected chi connectivity index (χ2v) is 5.46. The number of hydrogen-bond acceptors (Lipinski definition) is 3. The van der Waals surface area contributed by atoms with Gasteiger partial charge in [0, 0.05) is 4.47 Å². The summed E-state index contributed by atoms with van der Waals surface area (Å²) >= 11 is 15.4. The van der Waals surface area contributed by atoms with E-state index in [2.05, 4.69) is 26.2 Å². The van der Waals surface area contributed by atoms with E-state index in [1.165, 1.54) is 0 Å². The molecule has 0 spiro atoms. The van der Waals surface area contributed by atoms with E-state index >= 15 is 0 Å². The molecule has 3 N–H and O–H groups in total. The zero-order valence-electron chi connectivity index (χ0n) is 9.47. The molecule has 0 amide bonds. The van der Waals surface area contributed by atoms with E-state index in [1.54, 1.807) is 6.07 Å². The average molecular weight is 347 g/mol. The van der Waals surface area contributed by atoms with Crippen LogP contribution in [0.4, 0.5) is 17.3 Å². The van der Waals surface area contributed by atoms with Crippen LogP contribution in [0.5, 0.6) is 0 Å². The Kier molecular flexibility index (Phi) is 4.00. The van der Waals surface area contributed by atoms with Crippen LogP contribution >= 0.6 is 39.1 Å². The number of nitrogens with one attached hydrogen (secondary N) is 1. The maximum Gasteiger partial charge on any atom is 0.151 e. The third-order valence-electron chi connectivity index (χ3n) is 2.33. The van der Waals surface area contributed by atoms with Crippen molar-refractivity contribution in [3.63, 3.8) is 0 Å². The second kappa shape index (κ2) is 5.34. The molecule has 0 radical (unpaired) electrons. The van der Waals surface area contributed by atoms with Gasteiger partial charge in [0.15, 0.2) is 5.82 Å². The first-order valence-corrected chi connectivity index (χ1v) is 6.67. The number of aryl methyl sites for hydroxylation is 1. The zero-order chi connectivity index (χ0) is 13.3. The van der Waals surface area contributed by atoms with Gasteiger partial charge < -0.3 is 11.1 Å². The van der Waals surface area contributed by atoms with Crippen LogP contribution in [0, 0.1) is 6.92 Å². The number of benzene rings is 1. The number of halogens is 3. The van der Waals surface area contributed by atoms with E-state index in [-0.39, 0.29) is 5.82 Å². The summed E-state index contributed by atoms with van der Waals surface area (Å²) in [5.41, 5.74) is 7.65. The van der Waals surface area contributed by atoms with Gasteiger partial charge in [-0.1, -0.05) is 29.3 Å². The molecule has 94 valence electrons. The van der Waals surface area contributed by atoms with Crippen LogP contribution in [0.2, 0.25) is 10.0 Å². The van der Waals surface area contributed by atoms with Crippen molar-refractivity contribution in [2.24, 2.45) is 0 Å². The summed E-state index contributed by atoms with van der Waals surface area (Å²) in [4.78, 5) is 4.12. The minimum absolute atomic E-state index is 0.243. The van der Waals surface area contributed by atoms with Crippen molar-refractivity contribution < 1.29 is 0 Å². The Labute approximate surface area is 123 Å². The summed E-state index contributed by atoms with van der Waals surface area (Å²) in [5.74, 6) is 0.720. The van der Waals surface area contributed by atoms with Crippen LogP contribution in [-0.2, 0) is 0 Å². The normalized spacial score (nSPS) is 10.4. The number of rotatable bonds is 2. The van der Waals surface area contributed by atoms with Crippen LogP contribution < -0.4 is 11.1 Å². The zero-order valence-corrected chi connectivity index (χ0v) is 12.6. The van der Waals surface area contributed by atoms with Crippen molar-refractivity contribution in [3.8, 4) is 0 Å². The van der Waals surface area contributed by atoms with Crippen LogP contribution in [0.15, 0.2) is 28.7 Å². The Morgan fingerprint density at radius 1 is 1.22 bits per heavy atom. The highest BCUT2D eigenvalue weighted by molar-refractivity contribution is 9.10. The van der Waals surface area contributed by atoms with E-state index in [0.29, 0.717) is 15.9 Å². The SMILES string of the molecule is Cc1ccc(Br)c(Nc2nc(N)c(Cl)cc2Cl)c1. The summed E-state index contributed by atoms with van der Waals surface area (Å²) in [7, 11) is 0. The molecule has 2 aromatic rings. The standard InChI is InChI=1S/C12H10BrCl2N3/c1-6-2-3-7(13)10(4-6)17-12-9(15)5-8(14)11(16)18-12/h2-5H,1H3,(H3,16,17,18). The van der Waals surface area contributed by atoms with Crippen LogP contribution in [0.1, 0.15) is 5.56 Å². The molecule has 6 heteroatoms. The van der Waals surface area contributed by atoms with E-state index < -0.39 is 0 Å². The molecule has 2 rings (SSSR count). The Morgan fingerprint density at radius 3 is 2.67 bits per heavy atom. The minimum Gasteiger partial charge on any atom is -0.382 e. The molecular weight excluding hydrogens is 337 g/mol. The lowest BCUT2D eigenvalue weighted by Crippen LogP contribution is -1.99. The highest BCUT2D eigenvalue weighted by Gasteiger charge is 2.09. The van der Waals surface area contributed by atoms with Crippen molar-refractivity contribution in [2.75, 3.05) is 11.1 Å². The van der Waals surface area contributed by atoms with Gasteiger partial charge in [-0.25, -0.2) is 4.98 Å². The summed E-state index contributed by atoms with van der Waals surface area (Å²) in [6, 6.07) is 7.50. The number of hydrogen-bond donors (Lipinski definition) is 2. The monoisotopic (exact) mass is 345 g/mol. The van der Waals surface area contributed by atoms with Gasteiger partial charge in [-0.15, -0.1) is 0 Å². The summed E-state index contributed by atoms with van der Waals surface area (Å²) in [6.45, 7) is 2.00. The van der Waals surface area contributed by atoms with Gasteiger partial charge in [0.2, 0.25) is 0 Å². The smallest absolute Gasteiger partial charge is 0.151 e. The number of aromatic nitrogens is 1. The van der Waals surface area contributed by atoms with E-state index in [9.17, 15) is 0 Å². The lowest BCUT2D eigenvalue weighted by Gasteiger charge is -2.11. The first kappa shape index (κ1) is 13.5. The largest absolute Gasteiger partial charge is 0.382 e. The Morgan fingerprint density at radius 2 is 1.94 bits per heavy atom. The third-order valence-corrected chi connectivity index (χ3v) is 3.61. The van der Waals surface area contributed by atoms with E-state index in [0.717, 1.165) is 15.7 Å². The van der Waals surface area contributed by atoms with Gasteiger partial charge in [0.1, 0.15) is 5.82 Å². The van der Waals surface area contributed by atoms with Gasteiger partial charge >= 0.3 is 0 Å². The third kappa shape index (κ3) is 2.88. The second-order valence-electron chi connectivity index (χ2n) is 3.79. The molecule has 0 unspecified atom stereocenters. The summed E-state index contributed by atoms with van der Waals surface area (Å²) < 4.78 is 0.916. The van der Waals surface area contributed by atoms with Gasteiger partial charge in [-0.05, 0) is 46.6 Å².